The molecule has 1 saturated heterocycles. The van der Waals surface area contributed by atoms with E-state index in [1.807, 2.05) is 52.9 Å². The molecule has 0 spiro atoms. The minimum Gasteiger partial charge on any atom is -0.480 e. The Balaban J connectivity index is 1.84. The molecule has 1 aromatic carbocycles. The second-order valence-electron chi connectivity index (χ2n) is 7.20. The Labute approximate surface area is 159 Å². The molecule has 1 aromatic heterocycles. The van der Waals surface area contributed by atoms with Gasteiger partial charge in [0.15, 0.2) is 0 Å². The van der Waals surface area contributed by atoms with Gasteiger partial charge in [0, 0.05) is 25.0 Å². The van der Waals surface area contributed by atoms with Crippen LogP contribution in [0.3, 0.4) is 0 Å². The average Bonchev–Trinajstić information content (AvgIpc) is 3.23. The molecule has 0 radical (unpaired) electrons. The minimum atomic E-state index is -1.09. The van der Waals surface area contributed by atoms with Crippen molar-refractivity contribution in [2.75, 3.05) is 7.05 Å². The summed E-state index contributed by atoms with van der Waals surface area (Å²) in [5.74, 6) is -0.730. The fraction of sp³-hybridized carbons (Fsp3) is 0.450. The van der Waals surface area contributed by atoms with E-state index in [1.165, 1.54) is 0 Å². The lowest BCUT2D eigenvalue weighted by molar-refractivity contribution is -0.148. The van der Waals surface area contributed by atoms with Gasteiger partial charge in [-0.1, -0.05) is 30.3 Å². The van der Waals surface area contributed by atoms with Crippen molar-refractivity contribution < 1.29 is 14.7 Å². The summed E-state index contributed by atoms with van der Waals surface area (Å²) in [6.45, 7) is 4.80. The largest absolute Gasteiger partial charge is 0.480 e. The second kappa shape index (κ2) is 7.52. The molecule has 0 aliphatic carbocycles. The molecule has 2 N–H and O–H groups in total. The predicted octanol–water partition coefficient (Wildman–Crippen LogP) is 2.06. The van der Waals surface area contributed by atoms with Gasteiger partial charge in [-0.05, 0) is 32.9 Å². The molecule has 144 valence electrons. The van der Waals surface area contributed by atoms with E-state index in [-0.39, 0.29) is 18.4 Å². The van der Waals surface area contributed by atoms with Crippen LogP contribution in [0.5, 0.6) is 0 Å². The molecule has 1 aliphatic rings. The van der Waals surface area contributed by atoms with Gasteiger partial charge in [0.1, 0.15) is 11.4 Å². The summed E-state index contributed by atoms with van der Waals surface area (Å²) in [5, 5.41) is 12.7. The first-order chi connectivity index (χ1) is 12.9. The average molecular weight is 370 g/mol. The van der Waals surface area contributed by atoms with Gasteiger partial charge in [0.05, 0.1) is 12.5 Å². The zero-order chi connectivity index (χ0) is 19.6. The molecule has 0 bridgehead atoms. The van der Waals surface area contributed by atoms with Crippen LogP contribution in [0.1, 0.15) is 37.7 Å². The third-order valence-corrected chi connectivity index (χ3v) is 5.70. The number of carbonyl (C=O) groups excluding carboxylic acids is 1. The van der Waals surface area contributed by atoms with E-state index in [9.17, 15) is 14.7 Å². The second-order valence-corrected chi connectivity index (χ2v) is 7.20. The van der Waals surface area contributed by atoms with Crippen LogP contribution in [0.2, 0.25) is 0 Å². The predicted molar refractivity (Wildman–Crippen MR) is 101 cm³/mol. The number of likely N-dealkylation sites (tertiary alicyclic amines) is 1. The molecule has 0 saturated carbocycles. The summed E-state index contributed by atoms with van der Waals surface area (Å²) >= 11 is 0. The van der Waals surface area contributed by atoms with E-state index in [0.29, 0.717) is 6.54 Å². The third-order valence-electron chi connectivity index (χ3n) is 5.70. The van der Waals surface area contributed by atoms with E-state index in [0.717, 1.165) is 17.9 Å². The summed E-state index contributed by atoms with van der Waals surface area (Å²) in [7, 11) is 1.78. The Morgan fingerprint density at radius 2 is 2.04 bits per heavy atom. The number of carboxylic acids is 1. The molecule has 2 heterocycles. The molecule has 1 amide bonds. The van der Waals surface area contributed by atoms with Crippen LogP contribution >= 0.6 is 0 Å². The summed E-state index contributed by atoms with van der Waals surface area (Å²) in [6.07, 6.45) is 3.84. The lowest BCUT2D eigenvalue weighted by Gasteiger charge is -2.32. The highest BCUT2D eigenvalue weighted by Crippen LogP contribution is 2.45. The number of aryl methyl sites for hydroxylation is 1. The normalized spacial score (nSPS) is 25.4. The maximum absolute atomic E-state index is 13.0. The smallest absolute Gasteiger partial charge is 0.323 e. The molecule has 1 fully saturated rings. The summed E-state index contributed by atoms with van der Waals surface area (Å²) in [4.78, 5) is 31.0. The number of hydrogen-bond donors (Lipinski definition) is 2. The number of aliphatic carboxylic acids is 1. The molecule has 3 atom stereocenters. The SMILES string of the molecule is CCn1ccnc1CNC(=O)[C@H]1C[C@@](C)(C(=O)O)N(C)[C@H]1c1ccccc1. The monoisotopic (exact) mass is 370 g/mol. The van der Waals surface area contributed by atoms with Crippen molar-refractivity contribution in [1.82, 2.24) is 19.8 Å². The zero-order valence-corrected chi connectivity index (χ0v) is 15.9. The first kappa shape index (κ1) is 19.1. The van der Waals surface area contributed by atoms with Crippen LogP contribution in [0.15, 0.2) is 42.7 Å². The number of imidazole rings is 1. The first-order valence-corrected chi connectivity index (χ1v) is 9.17. The van der Waals surface area contributed by atoms with E-state index in [2.05, 4.69) is 10.3 Å². The molecule has 1 aliphatic heterocycles. The fourth-order valence-corrected chi connectivity index (χ4v) is 3.93. The molecule has 2 aromatic rings. The standard InChI is InChI=1S/C20H26N4O3/c1-4-24-11-10-21-16(24)13-22-18(25)15-12-20(2,19(26)27)23(3)17(15)14-8-6-5-7-9-14/h5-11,15,17H,4,12-13H2,1-3H3,(H,22,25)(H,26,27)/t15-,17-,20-/m0/s1. The van der Waals surface area contributed by atoms with Crippen LogP contribution in [0.25, 0.3) is 0 Å². The maximum atomic E-state index is 13.0. The summed E-state index contributed by atoms with van der Waals surface area (Å²) < 4.78 is 1.97. The number of nitrogens with one attached hydrogen (secondary N) is 1. The summed E-state index contributed by atoms with van der Waals surface area (Å²) in [5.41, 5.74) is -0.148. The highest BCUT2D eigenvalue weighted by molar-refractivity contribution is 5.85. The number of carboxylic acid groups (broad SMARTS) is 1. The van der Waals surface area contributed by atoms with E-state index >= 15 is 0 Å². The Hall–Kier alpha value is -2.67. The third kappa shape index (κ3) is 3.47. The molecule has 7 heteroatoms. The molecular formula is C20H26N4O3. The Bertz CT molecular complexity index is 820. The Morgan fingerprint density at radius 3 is 2.67 bits per heavy atom. The van der Waals surface area contributed by atoms with Crippen molar-refractivity contribution >= 4 is 11.9 Å². The number of carbonyl (C=O) groups is 2. The van der Waals surface area contributed by atoms with Crippen molar-refractivity contribution in [3.63, 3.8) is 0 Å². The van der Waals surface area contributed by atoms with Crippen molar-refractivity contribution in [2.24, 2.45) is 5.92 Å². The number of hydrogen-bond acceptors (Lipinski definition) is 4. The fourth-order valence-electron chi connectivity index (χ4n) is 3.93. The van der Waals surface area contributed by atoms with Crippen molar-refractivity contribution in [2.45, 2.75) is 44.9 Å². The molecule has 3 rings (SSSR count). The number of likely N-dealkylation sites (N-methyl/N-ethyl adjacent to an activating group) is 1. The van der Waals surface area contributed by atoms with Gasteiger partial charge >= 0.3 is 5.97 Å². The highest BCUT2D eigenvalue weighted by atomic mass is 16.4. The number of rotatable bonds is 6. The quantitative estimate of drug-likeness (QED) is 0.813. The maximum Gasteiger partial charge on any atom is 0.323 e. The molecule has 0 unspecified atom stereocenters. The van der Waals surface area contributed by atoms with E-state index < -0.39 is 17.4 Å². The van der Waals surface area contributed by atoms with Crippen LogP contribution in [-0.2, 0) is 22.7 Å². The molecular weight excluding hydrogens is 344 g/mol. The van der Waals surface area contributed by atoms with Gasteiger partial charge in [-0.3, -0.25) is 14.5 Å². The van der Waals surface area contributed by atoms with Crippen molar-refractivity contribution in [1.29, 1.82) is 0 Å². The van der Waals surface area contributed by atoms with Crippen LogP contribution in [0, 0.1) is 5.92 Å². The number of benzene rings is 1. The van der Waals surface area contributed by atoms with E-state index in [4.69, 9.17) is 0 Å². The lowest BCUT2D eigenvalue weighted by Crippen LogP contribution is -2.46. The van der Waals surface area contributed by atoms with Gasteiger partial charge in [-0.15, -0.1) is 0 Å². The van der Waals surface area contributed by atoms with Crippen molar-refractivity contribution in [3.8, 4) is 0 Å². The zero-order valence-electron chi connectivity index (χ0n) is 15.9. The van der Waals surface area contributed by atoms with E-state index in [1.54, 1.807) is 20.2 Å². The van der Waals surface area contributed by atoms with Gasteiger partial charge in [0.25, 0.3) is 0 Å². The van der Waals surface area contributed by atoms with Gasteiger partial charge in [0.2, 0.25) is 5.91 Å². The highest BCUT2D eigenvalue weighted by Gasteiger charge is 2.54. The van der Waals surface area contributed by atoms with Gasteiger partial charge in [-0.25, -0.2) is 4.98 Å². The van der Waals surface area contributed by atoms with Crippen LogP contribution in [0.4, 0.5) is 0 Å². The number of amides is 1. The van der Waals surface area contributed by atoms with Gasteiger partial charge in [-0.2, -0.15) is 0 Å². The Kier molecular flexibility index (Phi) is 5.32. The van der Waals surface area contributed by atoms with Crippen molar-refractivity contribution in [3.05, 3.63) is 54.1 Å². The molecule has 7 nitrogen and oxygen atoms in total. The topological polar surface area (TPSA) is 87.5 Å². The Morgan fingerprint density at radius 1 is 1.33 bits per heavy atom. The summed E-state index contributed by atoms with van der Waals surface area (Å²) in [6, 6.07) is 9.32. The van der Waals surface area contributed by atoms with Gasteiger partial charge < -0.3 is 15.0 Å². The minimum absolute atomic E-state index is 0.147. The lowest BCUT2D eigenvalue weighted by atomic mass is 9.89. The first-order valence-electron chi connectivity index (χ1n) is 9.17. The molecule has 27 heavy (non-hydrogen) atoms. The number of nitrogens with zero attached hydrogens (tertiary/aromatic N) is 3. The number of aromatic nitrogens is 2. The van der Waals surface area contributed by atoms with Crippen LogP contribution in [-0.4, -0.2) is 44.0 Å². The van der Waals surface area contributed by atoms with Crippen LogP contribution < -0.4 is 5.32 Å².